The first-order valence-corrected chi connectivity index (χ1v) is 19.3. The van der Waals surface area contributed by atoms with E-state index in [9.17, 15) is 10.2 Å². The lowest BCUT2D eigenvalue weighted by molar-refractivity contribution is 0.213. The van der Waals surface area contributed by atoms with Crippen molar-refractivity contribution in [1.82, 2.24) is 0 Å². The zero-order chi connectivity index (χ0) is 35.3. The molecule has 2 aromatic carbocycles. The van der Waals surface area contributed by atoms with Crippen LogP contribution in [0.15, 0.2) is 47.6 Å². The van der Waals surface area contributed by atoms with Crippen LogP contribution in [0.4, 0.5) is 0 Å². The van der Waals surface area contributed by atoms with Crippen molar-refractivity contribution in [3.8, 4) is 23.0 Å². The number of phenolic OH excluding ortho intramolecular Hbond substituents is 2. The summed E-state index contributed by atoms with van der Waals surface area (Å²) in [6.07, 6.45) is 21.5. The highest BCUT2D eigenvalue weighted by atomic mass is 16.5. The minimum Gasteiger partial charge on any atom is -0.508 e. The number of rotatable bonds is 25. The van der Waals surface area contributed by atoms with Crippen molar-refractivity contribution < 1.29 is 19.7 Å². The highest BCUT2D eigenvalue weighted by Gasteiger charge is 2.16. The van der Waals surface area contributed by atoms with E-state index in [1.54, 1.807) is 0 Å². The van der Waals surface area contributed by atoms with Crippen LogP contribution >= 0.6 is 0 Å². The number of aryl methyl sites for hydroxylation is 2. The van der Waals surface area contributed by atoms with Gasteiger partial charge in [-0.1, -0.05) is 103 Å². The van der Waals surface area contributed by atoms with Crippen molar-refractivity contribution in [2.45, 2.75) is 158 Å². The maximum atomic E-state index is 11.1. The molecule has 0 spiro atoms. The highest BCUT2D eigenvalue weighted by Crippen LogP contribution is 2.35. The molecule has 4 heteroatoms. The lowest BCUT2D eigenvalue weighted by Gasteiger charge is -2.18. The molecule has 0 fully saturated rings. The lowest BCUT2D eigenvalue weighted by atomic mass is 9.93. The molecule has 0 aliphatic rings. The first-order valence-electron chi connectivity index (χ1n) is 19.3. The zero-order valence-electron chi connectivity index (χ0n) is 32.1. The second-order valence-corrected chi connectivity index (χ2v) is 14.8. The molecule has 0 saturated heterocycles. The van der Waals surface area contributed by atoms with Crippen molar-refractivity contribution in [3.05, 3.63) is 69.8 Å². The van der Waals surface area contributed by atoms with Gasteiger partial charge in [-0.05, 0) is 126 Å². The number of ether oxygens (including phenoxy) is 2. The highest BCUT2D eigenvalue weighted by molar-refractivity contribution is 5.49. The summed E-state index contributed by atoms with van der Waals surface area (Å²) < 4.78 is 12.8. The SMILES string of the molecule is CCCCCc1cc(O)c(C/C=C(\C)CCC=C(C)C)c(OCCOc2cc(CCCCC)cc(O)c2CC[C@H](C)CCCC(C)C)c1. The summed E-state index contributed by atoms with van der Waals surface area (Å²) in [5, 5.41) is 22.3. The van der Waals surface area contributed by atoms with Crippen molar-refractivity contribution in [3.63, 3.8) is 0 Å². The Kier molecular flexibility index (Phi) is 20.2. The fourth-order valence-electron chi connectivity index (χ4n) is 6.21. The molecule has 4 nitrogen and oxygen atoms in total. The van der Waals surface area contributed by atoms with Gasteiger partial charge in [0.05, 0.1) is 0 Å². The second kappa shape index (κ2) is 23.5. The third kappa shape index (κ3) is 16.5. The second-order valence-electron chi connectivity index (χ2n) is 14.8. The van der Waals surface area contributed by atoms with E-state index in [1.165, 1.54) is 49.7 Å². The summed E-state index contributed by atoms with van der Waals surface area (Å²) in [5.74, 6) is 3.53. The Morgan fingerprint density at radius 3 is 1.77 bits per heavy atom. The van der Waals surface area contributed by atoms with E-state index < -0.39 is 0 Å². The third-order valence-corrected chi connectivity index (χ3v) is 9.34. The van der Waals surface area contributed by atoms with Crippen LogP contribution in [0.1, 0.15) is 155 Å². The normalized spacial score (nSPS) is 12.4. The van der Waals surface area contributed by atoms with E-state index in [0.717, 1.165) is 97.5 Å². The average Bonchev–Trinajstić information content (AvgIpc) is 3.02. The van der Waals surface area contributed by atoms with Crippen molar-refractivity contribution in [1.29, 1.82) is 0 Å². The Hall–Kier alpha value is -2.88. The number of benzene rings is 2. The van der Waals surface area contributed by atoms with Crippen LogP contribution in [-0.2, 0) is 25.7 Å². The summed E-state index contributed by atoms with van der Waals surface area (Å²) in [6.45, 7) is 18.5. The van der Waals surface area contributed by atoms with E-state index in [2.05, 4.69) is 79.7 Å². The number of hydrogen-bond acceptors (Lipinski definition) is 4. The van der Waals surface area contributed by atoms with E-state index in [1.807, 2.05) is 12.1 Å². The van der Waals surface area contributed by atoms with E-state index >= 15 is 0 Å². The summed E-state index contributed by atoms with van der Waals surface area (Å²) >= 11 is 0. The van der Waals surface area contributed by atoms with E-state index in [4.69, 9.17) is 9.47 Å². The molecule has 0 aliphatic carbocycles. The van der Waals surface area contributed by atoms with Gasteiger partial charge in [0.2, 0.25) is 0 Å². The first kappa shape index (κ1) is 41.3. The molecule has 0 amide bonds. The molecule has 0 bridgehead atoms. The molecule has 0 aromatic heterocycles. The molecule has 2 aromatic rings. The van der Waals surface area contributed by atoms with Crippen LogP contribution in [0.3, 0.4) is 0 Å². The van der Waals surface area contributed by atoms with Gasteiger partial charge in [-0.3, -0.25) is 0 Å². The fraction of sp³-hybridized carbons (Fsp3) is 0.636. The van der Waals surface area contributed by atoms with E-state index in [-0.39, 0.29) is 0 Å². The predicted octanol–water partition coefficient (Wildman–Crippen LogP) is 12.7. The molecular formula is C44H70O4. The van der Waals surface area contributed by atoms with Crippen LogP contribution in [0.5, 0.6) is 23.0 Å². The van der Waals surface area contributed by atoms with Crippen LogP contribution in [0.25, 0.3) is 0 Å². The lowest BCUT2D eigenvalue weighted by Crippen LogP contribution is -2.12. The van der Waals surface area contributed by atoms with Gasteiger partial charge in [0, 0.05) is 11.1 Å². The Bertz CT molecular complexity index is 1250. The van der Waals surface area contributed by atoms with E-state index in [0.29, 0.717) is 37.1 Å². The predicted molar refractivity (Wildman–Crippen MR) is 206 cm³/mol. The first-order chi connectivity index (χ1) is 23.0. The Morgan fingerprint density at radius 1 is 0.667 bits per heavy atom. The largest absolute Gasteiger partial charge is 0.508 e. The molecule has 0 aliphatic heterocycles. The summed E-state index contributed by atoms with van der Waals surface area (Å²) in [5.41, 5.74) is 6.64. The molecule has 2 N–H and O–H groups in total. The smallest absolute Gasteiger partial charge is 0.126 e. The fourth-order valence-corrected chi connectivity index (χ4v) is 6.21. The number of unbranched alkanes of at least 4 members (excludes halogenated alkanes) is 4. The molecule has 270 valence electrons. The number of aromatic hydroxyl groups is 2. The molecule has 48 heavy (non-hydrogen) atoms. The van der Waals surface area contributed by atoms with Crippen molar-refractivity contribution in [2.75, 3.05) is 13.2 Å². The minimum absolute atomic E-state index is 0.308. The van der Waals surface area contributed by atoms with Gasteiger partial charge in [0.25, 0.3) is 0 Å². The van der Waals surface area contributed by atoms with Gasteiger partial charge in [-0.2, -0.15) is 0 Å². The van der Waals surface area contributed by atoms with Gasteiger partial charge in [0.15, 0.2) is 0 Å². The van der Waals surface area contributed by atoms with Gasteiger partial charge in [0.1, 0.15) is 36.2 Å². The number of phenols is 2. The van der Waals surface area contributed by atoms with Gasteiger partial charge < -0.3 is 19.7 Å². The third-order valence-electron chi connectivity index (χ3n) is 9.34. The molecule has 0 saturated carbocycles. The molecular weight excluding hydrogens is 592 g/mol. The van der Waals surface area contributed by atoms with Gasteiger partial charge in [-0.15, -0.1) is 0 Å². The molecule has 2 rings (SSSR count). The molecule has 0 unspecified atom stereocenters. The molecule has 0 heterocycles. The zero-order valence-corrected chi connectivity index (χ0v) is 32.1. The summed E-state index contributed by atoms with van der Waals surface area (Å²) in [6, 6.07) is 8.13. The summed E-state index contributed by atoms with van der Waals surface area (Å²) in [7, 11) is 0. The summed E-state index contributed by atoms with van der Waals surface area (Å²) in [4.78, 5) is 0. The Balaban J connectivity index is 2.19. The number of hydrogen-bond donors (Lipinski definition) is 2. The standard InChI is InChI=1S/C44H70O4/c1-9-11-13-21-37-29-41(45)39(25-23-35(7)19-15-17-33(3)4)43(31-37)47-27-28-48-44-32-38(22-14-12-10-2)30-42(46)40(44)26-24-36(8)20-16-18-34(5)6/h17,23,29-32,34,36,45-46H,9-16,18-22,24-28H2,1-8H3/b35-23+/t36-/m1/s1. The van der Waals surface area contributed by atoms with Crippen LogP contribution in [0, 0.1) is 11.8 Å². The molecule has 0 radical (unpaired) electrons. The minimum atomic E-state index is 0.308. The van der Waals surface area contributed by atoms with Gasteiger partial charge in [-0.25, -0.2) is 0 Å². The van der Waals surface area contributed by atoms with Crippen molar-refractivity contribution >= 4 is 0 Å². The topological polar surface area (TPSA) is 58.9 Å². The molecule has 1 atom stereocenters. The Morgan fingerprint density at radius 2 is 1.23 bits per heavy atom. The number of allylic oxidation sites excluding steroid dienone is 4. The van der Waals surface area contributed by atoms with Crippen LogP contribution in [0.2, 0.25) is 0 Å². The van der Waals surface area contributed by atoms with Gasteiger partial charge >= 0.3 is 0 Å². The average molecular weight is 663 g/mol. The van der Waals surface area contributed by atoms with Crippen LogP contribution < -0.4 is 9.47 Å². The van der Waals surface area contributed by atoms with Crippen molar-refractivity contribution in [2.24, 2.45) is 11.8 Å². The quantitative estimate of drug-likeness (QED) is 0.0820. The maximum absolute atomic E-state index is 11.1. The monoisotopic (exact) mass is 663 g/mol. The maximum Gasteiger partial charge on any atom is 0.126 e. The van der Waals surface area contributed by atoms with Crippen LogP contribution in [-0.4, -0.2) is 23.4 Å². The Labute approximate surface area is 295 Å².